The highest BCUT2D eigenvalue weighted by molar-refractivity contribution is 7.80. The Bertz CT molecular complexity index is 763. The van der Waals surface area contributed by atoms with Gasteiger partial charge in [-0.15, -0.1) is 0 Å². The summed E-state index contributed by atoms with van der Waals surface area (Å²) in [6.45, 7) is 0.333. The van der Waals surface area contributed by atoms with Crippen molar-refractivity contribution in [2.45, 2.75) is 43.6 Å². The highest BCUT2D eigenvalue weighted by atomic mass is 32.1. The summed E-state index contributed by atoms with van der Waals surface area (Å²) in [5.41, 5.74) is 6.73. The smallest absolute Gasteiger partial charge is 0.328 e. The number of carbonyl (C=O) groups is 4. The van der Waals surface area contributed by atoms with Gasteiger partial charge in [0.05, 0.1) is 18.8 Å². The van der Waals surface area contributed by atoms with Crippen molar-refractivity contribution in [2.24, 2.45) is 5.73 Å². The van der Waals surface area contributed by atoms with Crippen molar-refractivity contribution in [3.8, 4) is 0 Å². The van der Waals surface area contributed by atoms with Crippen LogP contribution in [0.25, 0.3) is 0 Å². The highest BCUT2D eigenvalue weighted by Gasteiger charge is 2.32. The summed E-state index contributed by atoms with van der Waals surface area (Å²) in [7, 11) is 0. The summed E-state index contributed by atoms with van der Waals surface area (Å²) in [6.07, 6.45) is -1.15. The van der Waals surface area contributed by atoms with Crippen molar-refractivity contribution in [2.75, 3.05) is 12.4 Å². The van der Waals surface area contributed by atoms with Gasteiger partial charge in [0, 0.05) is 5.75 Å². The molecule has 0 saturated heterocycles. The van der Waals surface area contributed by atoms with Crippen LogP contribution in [0.3, 0.4) is 0 Å². The molecule has 0 heterocycles. The molecule has 5 unspecified atom stereocenters. The summed E-state index contributed by atoms with van der Waals surface area (Å²) >= 11 is 4.03. The van der Waals surface area contributed by atoms with Crippen LogP contribution in [-0.2, 0) is 25.6 Å². The molecule has 0 fully saturated rings. The number of nitrogens with one attached hydrogen (secondary N) is 3. The van der Waals surface area contributed by atoms with E-state index in [0.717, 1.165) is 5.56 Å². The highest BCUT2D eigenvalue weighted by Crippen LogP contribution is 2.03. The van der Waals surface area contributed by atoms with Crippen LogP contribution >= 0.6 is 12.6 Å². The van der Waals surface area contributed by atoms with Crippen LogP contribution in [0.15, 0.2) is 30.3 Å². The van der Waals surface area contributed by atoms with E-state index in [0.29, 0.717) is 0 Å². The van der Waals surface area contributed by atoms with Gasteiger partial charge < -0.3 is 37.0 Å². The lowest BCUT2D eigenvalue weighted by Gasteiger charge is -2.25. The molecule has 0 aliphatic carbocycles. The van der Waals surface area contributed by atoms with Crippen molar-refractivity contribution >= 4 is 36.3 Å². The third kappa shape index (κ3) is 8.53. The normalized spacial score (nSPS) is 15.6. The number of carbonyl (C=O) groups excluding carboxylic acids is 3. The van der Waals surface area contributed by atoms with Crippen LogP contribution in [0.2, 0.25) is 0 Å². The van der Waals surface area contributed by atoms with Gasteiger partial charge in [0.25, 0.3) is 0 Å². The summed E-state index contributed by atoms with van der Waals surface area (Å²) in [5, 5.41) is 34.5. The van der Waals surface area contributed by atoms with Gasteiger partial charge in [-0.3, -0.25) is 14.4 Å². The standard InChI is InChI=1S/C19H28N4O7S/c1-10(25)15(18(28)21-13(8-24)19(29)30)23-17(27)14(9-31)22-16(26)12(20)7-11-5-3-2-4-6-11/h2-6,10,12-15,24-25,31H,7-9,20H2,1H3,(H,21,28)(H,22,26)(H,23,27)(H,29,30). The number of aliphatic carboxylic acids is 1. The Morgan fingerprint density at radius 3 is 2.06 bits per heavy atom. The van der Waals surface area contributed by atoms with Crippen LogP contribution in [0.1, 0.15) is 12.5 Å². The lowest BCUT2D eigenvalue weighted by atomic mass is 10.1. The fraction of sp³-hybridized carbons (Fsp3) is 0.474. The van der Waals surface area contributed by atoms with Crippen LogP contribution in [0.5, 0.6) is 0 Å². The third-order valence-corrected chi connectivity index (χ3v) is 4.68. The first-order valence-corrected chi connectivity index (χ1v) is 10.1. The Morgan fingerprint density at radius 1 is 1.00 bits per heavy atom. The van der Waals surface area contributed by atoms with Gasteiger partial charge in [0.2, 0.25) is 17.7 Å². The number of carboxylic acids is 1. The zero-order valence-electron chi connectivity index (χ0n) is 16.9. The van der Waals surface area contributed by atoms with Gasteiger partial charge in [-0.1, -0.05) is 30.3 Å². The topological polar surface area (TPSA) is 191 Å². The number of aliphatic hydroxyl groups is 2. The van der Waals surface area contributed by atoms with E-state index in [1.54, 1.807) is 24.3 Å². The molecule has 3 amide bonds. The van der Waals surface area contributed by atoms with E-state index in [-0.39, 0.29) is 12.2 Å². The van der Waals surface area contributed by atoms with E-state index in [1.807, 2.05) is 11.4 Å². The second kappa shape index (κ2) is 12.9. The van der Waals surface area contributed by atoms with Gasteiger partial charge >= 0.3 is 5.97 Å². The molecule has 1 aromatic rings. The Kier molecular flexibility index (Phi) is 11.0. The predicted molar refractivity (Wildman–Crippen MR) is 114 cm³/mol. The summed E-state index contributed by atoms with van der Waals surface area (Å²) in [5.74, 6) is -4.07. The second-order valence-electron chi connectivity index (χ2n) is 6.85. The average molecular weight is 457 g/mol. The number of nitrogens with two attached hydrogens (primary N) is 1. The van der Waals surface area contributed by atoms with Crippen molar-refractivity contribution in [3.05, 3.63) is 35.9 Å². The number of aliphatic hydroxyl groups excluding tert-OH is 2. The predicted octanol–water partition coefficient (Wildman–Crippen LogP) is -2.60. The van der Waals surface area contributed by atoms with E-state index in [1.165, 1.54) is 6.92 Å². The number of thiol groups is 1. The largest absolute Gasteiger partial charge is 0.480 e. The maximum Gasteiger partial charge on any atom is 0.328 e. The van der Waals surface area contributed by atoms with Gasteiger partial charge in [-0.25, -0.2) is 4.79 Å². The minimum Gasteiger partial charge on any atom is -0.480 e. The monoisotopic (exact) mass is 456 g/mol. The lowest BCUT2D eigenvalue weighted by molar-refractivity contribution is -0.144. The van der Waals surface area contributed by atoms with Crippen LogP contribution < -0.4 is 21.7 Å². The molecule has 0 aliphatic heterocycles. The first-order chi connectivity index (χ1) is 14.6. The molecule has 1 rings (SSSR count). The summed E-state index contributed by atoms with van der Waals surface area (Å²) < 4.78 is 0. The van der Waals surface area contributed by atoms with Crippen molar-refractivity contribution in [3.63, 3.8) is 0 Å². The number of hydrogen-bond acceptors (Lipinski definition) is 8. The average Bonchev–Trinajstić information content (AvgIpc) is 2.73. The van der Waals surface area contributed by atoms with Gasteiger partial charge in [-0.2, -0.15) is 12.6 Å². The van der Waals surface area contributed by atoms with Crippen LogP contribution in [-0.4, -0.2) is 81.6 Å². The fourth-order valence-corrected chi connectivity index (χ4v) is 2.80. The first-order valence-electron chi connectivity index (χ1n) is 9.43. The second-order valence-corrected chi connectivity index (χ2v) is 7.21. The molecule has 12 heteroatoms. The zero-order valence-corrected chi connectivity index (χ0v) is 17.8. The third-order valence-electron chi connectivity index (χ3n) is 4.31. The molecule has 1 aromatic carbocycles. The van der Waals surface area contributed by atoms with Crippen molar-refractivity contribution in [1.82, 2.24) is 16.0 Å². The van der Waals surface area contributed by atoms with Crippen molar-refractivity contribution < 1.29 is 34.5 Å². The van der Waals surface area contributed by atoms with E-state index in [4.69, 9.17) is 15.9 Å². The van der Waals surface area contributed by atoms with Crippen LogP contribution in [0, 0.1) is 0 Å². The molecular formula is C19H28N4O7S. The van der Waals surface area contributed by atoms with Crippen LogP contribution in [0.4, 0.5) is 0 Å². The fourth-order valence-electron chi connectivity index (χ4n) is 2.54. The maximum atomic E-state index is 12.5. The molecule has 0 aromatic heterocycles. The number of hydrogen-bond donors (Lipinski definition) is 8. The van der Waals surface area contributed by atoms with Crippen molar-refractivity contribution in [1.29, 1.82) is 0 Å². The number of carboxylic acid groups (broad SMARTS) is 1. The molecule has 0 radical (unpaired) electrons. The quantitative estimate of drug-likeness (QED) is 0.157. The molecule has 0 aliphatic rings. The number of rotatable bonds is 12. The molecule has 0 spiro atoms. The van der Waals surface area contributed by atoms with Gasteiger partial charge in [0.15, 0.2) is 0 Å². The molecule has 11 nitrogen and oxygen atoms in total. The summed E-state index contributed by atoms with van der Waals surface area (Å²) in [6, 6.07) is 3.80. The molecule has 5 atom stereocenters. The molecule has 8 N–H and O–H groups in total. The van der Waals surface area contributed by atoms with E-state index in [9.17, 15) is 24.3 Å². The Morgan fingerprint density at radius 2 is 1.58 bits per heavy atom. The Labute approximate surface area is 184 Å². The Balaban J connectivity index is 2.76. The zero-order chi connectivity index (χ0) is 23.6. The first kappa shape index (κ1) is 26.4. The lowest BCUT2D eigenvalue weighted by Crippen LogP contribution is -2.60. The Hall–Kier alpha value is -2.67. The number of amides is 3. The minimum atomic E-state index is -1.61. The molecule has 0 saturated carbocycles. The molecule has 31 heavy (non-hydrogen) atoms. The van der Waals surface area contributed by atoms with E-state index < -0.39 is 60.6 Å². The van der Waals surface area contributed by atoms with E-state index >= 15 is 0 Å². The SMILES string of the molecule is CC(O)C(NC(=O)C(CS)NC(=O)C(N)Cc1ccccc1)C(=O)NC(CO)C(=O)O. The maximum absolute atomic E-state index is 12.5. The number of benzene rings is 1. The minimum absolute atomic E-state index is 0.127. The molecule has 172 valence electrons. The van der Waals surface area contributed by atoms with E-state index in [2.05, 4.69) is 23.3 Å². The van der Waals surface area contributed by atoms with Gasteiger partial charge in [0.1, 0.15) is 18.1 Å². The van der Waals surface area contributed by atoms with Gasteiger partial charge in [-0.05, 0) is 18.9 Å². The molecular weight excluding hydrogens is 428 g/mol. The molecule has 0 bridgehead atoms. The summed E-state index contributed by atoms with van der Waals surface area (Å²) in [4.78, 5) is 48.1.